The highest BCUT2D eigenvalue weighted by atomic mass is 32.1. The van der Waals surface area contributed by atoms with E-state index in [9.17, 15) is 0 Å². The lowest BCUT2D eigenvalue weighted by Crippen LogP contribution is -1.98. The fourth-order valence-corrected chi connectivity index (χ4v) is 2.22. The maximum atomic E-state index is 4.25. The van der Waals surface area contributed by atoms with Gasteiger partial charge in [-0.25, -0.2) is 0 Å². The van der Waals surface area contributed by atoms with E-state index in [0.717, 1.165) is 11.7 Å². The van der Waals surface area contributed by atoms with E-state index in [2.05, 4.69) is 12.6 Å². The first-order chi connectivity index (χ1) is 5.43. The number of hydrogen-bond donors (Lipinski definition) is 1. The summed E-state index contributed by atoms with van der Waals surface area (Å²) in [6.45, 7) is 0. The van der Waals surface area contributed by atoms with E-state index in [1.165, 1.54) is 51.4 Å². The minimum atomic E-state index is 1.05. The Morgan fingerprint density at radius 2 is 1.64 bits per heavy atom. The Morgan fingerprint density at radius 1 is 1.00 bits per heavy atom. The van der Waals surface area contributed by atoms with Crippen molar-refractivity contribution in [3.05, 3.63) is 0 Å². The summed E-state index contributed by atoms with van der Waals surface area (Å²) in [5, 5.41) is 0. The van der Waals surface area contributed by atoms with E-state index >= 15 is 0 Å². The lowest BCUT2D eigenvalue weighted by molar-refractivity contribution is 0.425. The third-order valence-electron chi connectivity index (χ3n) is 2.75. The number of hydrogen-bond acceptors (Lipinski definition) is 1. The molecule has 1 aliphatic rings. The zero-order valence-corrected chi connectivity index (χ0v) is 8.28. The molecule has 0 atom stereocenters. The summed E-state index contributed by atoms with van der Waals surface area (Å²) in [5.74, 6) is 2.13. The van der Waals surface area contributed by atoms with Gasteiger partial charge in [-0.3, -0.25) is 0 Å². The molecule has 0 aromatic heterocycles. The SMILES string of the molecule is SCCCC1CCCCCC1. The Morgan fingerprint density at radius 3 is 2.18 bits per heavy atom. The largest absolute Gasteiger partial charge is 0.179 e. The Kier molecular flexibility index (Phi) is 5.09. The summed E-state index contributed by atoms with van der Waals surface area (Å²) in [5.41, 5.74) is 0. The van der Waals surface area contributed by atoms with Crippen molar-refractivity contribution in [3.63, 3.8) is 0 Å². The Balaban J connectivity index is 2.09. The van der Waals surface area contributed by atoms with Crippen LogP contribution in [0, 0.1) is 5.92 Å². The van der Waals surface area contributed by atoms with Crippen LogP contribution < -0.4 is 0 Å². The Hall–Kier alpha value is 0.350. The summed E-state index contributed by atoms with van der Waals surface area (Å²) >= 11 is 4.25. The van der Waals surface area contributed by atoms with E-state index in [1.807, 2.05) is 0 Å². The highest BCUT2D eigenvalue weighted by molar-refractivity contribution is 7.80. The Bertz CT molecular complexity index is 82.9. The molecule has 0 amide bonds. The van der Waals surface area contributed by atoms with Gasteiger partial charge in [0.25, 0.3) is 0 Å². The molecule has 0 spiro atoms. The average Bonchev–Trinajstić information content (AvgIpc) is 2.28. The van der Waals surface area contributed by atoms with Crippen molar-refractivity contribution in [1.29, 1.82) is 0 Å². The van der Waals surface area contributed by atoms with Gasteiger partial charge in [0.05, 0.1) is 0 Å². The number of rotatable bonds is 3. The summed E-state index contributed by atoms with van der Waals surface area (Å²) < 4.78 is 0. The van der Waals surface area contributed by atoms with Gasteiger partial charge in [0, 0.05) is 0 Å². The van der Waals surface area contributed by atoms with Crippen LogP contribution in [-0.2, 0) is 0 Å². The van der Waals surface area contributed by atoms with Gasteiger partial charge in [-0.2, -0.15) is 12.6 Å². The Labute approximate surface area is 76.2 Å². The molecule has 0 N–H and O–H groups in total. The lowest BCUT2D eigenvalue weighted by Gasteiger charge is -2.11. The molecule has 1 aliphatic carbocycles. The maximum absolute atomic E-state index is 4.25. The molecule has 1 rings (SSSR count). The van der Waals surface area contributed by atoms with Crippen LogP contribution in [0.1, 0.15) is 51.4 Å². The highest BCUT2D eigenvalue weighted by Crippen LogP contribution is 2.26. The second-order valence-electron chi connectivity index (χ2n) is 3.72. The first-order valence-electron chi connectivity index (χ1n) is 5.04. The molecule has 0 bridgehead atoms. The summed E-state index contributed by atoms with van der Waals surface area (Å²) in [7, 11) is 0. The monoisotopic (exact) mass is 172 g/mol. The van der Waals surface area contributed by atoms with Crippen molar-refractivity contribution in [1.82, 2.24) is 0 Å². The first-order valence-corrected chi connectivity index (χ1v) is 5.67. The van der Waals surface area contributed by atoms with Gasteiger partial charge < -0.3 is 0 Å². The second kappa shape index (κ2) is 5.93. The van der Waals surface area contributed by atoms with Crippen molar-refractivity contribution >= 4 is 12.6 Å². The predicted octanol–water partition coefficient (Wildman–Crippen LogP) is 3.67. The summed E-state index contributed by atoms with van der Waals surface area (Å²) in [4.78, 5) is 0. The fourth-order valence-electron chi connectivity index (χ4n) is 2.03. The van der Waals surface area contributed by atoms with Crippen LogP contribution >= 0.6 is 12.6 Å². The van der Waals surface area contributed by atoms with Crippen LogP contribution in [0.3, 0.4) is 0 Å². The van der Waals surface area contributed by atoms with E-state index < -0.39 is 0 Å². The molecule has 0 radical (unpaired) electrons. The van der Waals surface area contributed by atoms with Gasteiger partial charge >= 0.3 is 0 Å². The van der Waals surface area contributed by atoms with Crippen molar-refractivity contribution < 1.29 is 0 Å². The zero-order chi connectivity index (χ0) is 7.94. The van der Waals surface area contributed by atoms with Crippen molar-refractivity contribution in [2.75, 3.05) is 5.75 Å². The molecule has 1 saturated carbocycles. The normalized spacial score (nSPS) is 21.5. The minimum Gasteiger partial charge on any atom is -0.179 e. The van der Waals surface area contributed by atoms with Crippen molar-refractivity contribution in [2.45, 2.75) is 51.4 Å². The molecule has 0 unspecified atom stereocenters. The molecule has 0 heterocycles. The first kappa shape index (κ1) is 9.44. The third-order valence-corrected chi connectivity index (χ3v) is 3.06. The third kappa shape index (κ3) is 4.05. The minimum absolute atomic E-state index is 1.05. The quantitative estimate of drug-likeness (QED) is 0.487. The standard InChI is InChI=1S/C10H20S/c11-9-5-8-10-6-3-1-2-4-7-10/h10-11H,1-9H2. The zero-order valence-electron chi connectivity index (χ0n) is 7.39. The molecule has 0 aromatic carbocycles. The molecule has 0 nitrogen and oxygen atoms in total. The van der Waals surface area contributed by atoms with Crippen LogP contribution in [-0.4, -0.2) is 5.75 Å². The molecule has 0 saturated heterocycles. The topological polar surface area (TPSA) is 0 Å². The highest BCUT2D eigenvalue weighted by Gasteiger charge is 2.10. The molecular formula is C10H20S. The summed E-state index contributed by atoms with van der Waals surface area (Å²) in [6, 6.07) is 0. The van der Waals surface area contributed by atoms with Crippen molar-refractivity contribution in [2.24, 2.45) is 5.92 Å². The number of thiol groups is 1. The van der Waals surface area contributed by atoms with Gasteiger partial charge in [0.2, 0.25) is 0 Å². The van der Waals surface area contributed by atoms with Gasteiger partial charge in [-0.15, -0.1) is 0 Å². The van der Waals surface area contributed by atoms with Crippen LogP contribution in [0.15, 0.2) is 0 Å². The van der Waals surface area contributed by atoms with Gasteiger partial charge in [-0.1, -0.05) is 38.5 Å². The van der Waals surface area contributed by atoms with E-state index in [4.69, 9.17) is 0 Å². The molecule has 66 valence electrons. The van der Waals surface area contributed by atoms with Crippen LogP contribution in [0.5, 0.6) is 0 Å². The molecule has 1 heteroatoms. The van der Waals surface area contributed by atoms with Gasteiger partial charge in [0.15, 0.2) is 0 Å². The van der Waals surface area contributed by atoms with E-state index in [0.29, 0.717) is 0 Å². The second-order valence-corrected chi connectivity index (χ2v) is 4.17. The summed E-state index contributed by atoms with van der Waals surface area (Å²) in [6.07, 6.45) is 11.7. The van der Waals surface area contributed by atoms with Gasteiger partial charge in [0.1, 0.15) is 0 Å². The van der Waals surface area contributed by atoms with Crippen LogP contribution in [0.4, 0.5) is 0 Å². The molecular weight excluding hydrogens is 152 g/mol. The average molecular weight is 172 g/mol. The van der Waals surface area contributed by atoms with Crippen molar-refractivity contribution in [3.8, 4) is 0 Å². The molecule has 0 aromatic rings. The van der Waals surface area contributed by atoms with Crippen LogP contribution in [0.2, 0.25) is 0 Å². The predicted molar refractivity (Wildman–Crippen MR) is 54.3 cm³/mol. The smallest absolute Gasteiger partial charge is 0.00978 e. The fraction of sp³-hybridized carbons (Fsp3) is 1.00. The molecule has 11 heavy (non-hydrogen) atoms. The molecule has 0 aliphatic heterocycles. The maximum Gasteiger partial charge on any atom is -0.00978 e. The van der Waals surface area contributed by atoms with Gasteiger partial charge in [-0.05, 0) is 24.5 Å². The van der Waals surface area contributed by atoms with E-state index in [-0.39, 0.29) is 0 Å². The molecule has 1 fully saturated rings. The van der Waals surface area contributed by atoms with E-state index in [1.54, 1.807) is 0 Å². The van der Waals surface area contributed by atoms with Crippen LogP contribution in [0.25, 0.3) is 0 Å². The lowest BCUT2D eigenvalue weighted by atomic mass is 9.95.